The van der Waals surface area contributed by atoms with Crippen LogP contribution < -0.4 is 0 Å². The van der Waals surface area contributed by atoms with Crippen LogP contribution in [0.5, 0.6) is 0 Å². The summed E-state index contributed by atoms with van der Waals surface area (Å²) in [6, 6.07) is 13.7. The average molecular weight is 346 g/mol. The fourth-order valence-corrected chi connectivity index (χ4v) is 3.89. The van der Waals surface area contributed by atoms with Crippen LogP contribution in [0, 0.1) is 25.7 Å². The summed E-state index contributed by atoms with van der Waals surface area (Å²) in [7, 11) is 0. The van der Waals surface area contributed by atoms with Gasteiger partial charge in [-0.15, -0.1) is 0 Å². The Morgan fingerprint density at radius 1 is 0.769 bits per heavy atom. The summed E-state index contributed by atoms with van der Waals surface area (Å²) in [4.78, 5) is 4.93. The van der Waals surface area contributed by atoms with Gasteiger partial charge < -0.3 is 0 Å². The third-order valence-electron chi connectivity index (χ3n) is 4.80. The van der Waals surface area contributed by atoms with Gasteiger partial charge in [0, 0.05) is 17.1 Å². The molecule has 2 aromatic carbocycles. The van der Waals surface area contributed by atoms with Gasteiger partial charge in [-0.3, -0.25) is 4.98 Å². The maximum Gasteiger partial charge on any atom is 0.0780 e. The van der Waals surface area contributed by atoms with Crippen molar-refractivity contribution in [2.45, 2.75) is 54.4 Å². The molecule has 0 atom stereocenters. The standard InChI is InChI=1S/C25H31N/c1-16(2)9-20-7-8-23-22(10-17(3)4)15-26-25(24(23)14-20)21-12-18(5)11-19(6)13-21/h7-8,11-17H,9-10H2,1-6H3. The summed E-state index contributed by atoms with van der Waals surface area (Å²) in [6.07, 6.45) is 4.27. The van der Waals surface area contributed by atoms with Crippen molar-refractivity contribution >= 4 is 10.8 Å². The lowest BCUT2D eigenvalue weighted by Gasteiger charge is -2.15. The third kappa shape index (κ3) is 4.15. The second-order valence-electron chi connectivity index (χ2n) is 8.58. The van der Waals surface area contributed by atoms with Gasteiger partial charge >= 0.3 is 0 Å². The molecule has 0 saturated heterocycles. The van der Waals surface area contributed by atoms with Crippen molar-refractivity contribution in [2.75, 3.05) is 0 Å². The topological polar surface area (TPSA) is 12.9 Å². The molecule has 0 saturated carbocycles. The molecule has 1 aromatic heterocycles. The largest absolute Gasteiger partial charge is 0.255 e. The van der Waals surface area contributed by atoms with E-state index in [1.807, 2.05) is 0 Å². The number of nitrogens with zero attached hydrogens (tertiary/aromatic N) is 1. The molecule has 26 heavy (non-hydrogen) atoms. The molecule has 3 rings (SSSR count). The van der Waals surface area contributed by atoms with E-state index in [1.54, 1.807) is 0 Å². The Morgan fingerprint density at radius 3 is 2.04 bits per heavy atom. The number of pyridine rings is 1. The molecule has 0 fully saturated rings. The fourth-order valence-electron chi connectivity index (χ4n) is 3.89. The SMILES string of the molecule is Cc1cc(C)cc(-c2ncc(CC(C)C)c3ccc(CC(C)C)cc23)c1. The molecule has 0 aliphatic heterocycles. The van der Waals surface area contributed by atoms with Crippen molar-refractivity contribution < 1.29 is 0 Å². The van der Waals surface area contributed by atoms with E-state index in [2.05, 4.69) is 84.1 Å². The Hall–Kier alpha value is -2.15. The van der Waals surface area contributed by atoms with Gasteiger partial charge in [-0.05, 0) is 73.2 Å². The van der Waals surface area contributed by atoms with Crippen LogP contribution in [0.25, 0.3) is 22.0 Å². The highest BCUT2D eigenvalue weighted by atomic mass is 14.7. The van der Waals surface area contributed by atoms with E-state index in [1.165, 1.54) is 38.6 Å². The van der Waals surface area contributed by atoms with Gasteiger partial charge in [0.05, 0.1) is 5.69 Å². The fraction of sp³-hybridized carbons (Fsp3) is 0.400. The van der Waals surface area contributed by atoms with E-state index in [0.29, 0.717) is 11.8 Å². The van der Waals surface area contributed by atoms with Crippen molar-refractivity contribution in [3.05, 3.63) is 64.8 Å². The maximum absolute atomic E-state index is 4.93. The van der Waals surface area contributed by atoms with Gasteiger partial charge in [-0.25, -0.2) is 0 Å². The lowest BCUT2D eigenvalue weighted by molar-refractivity contribution is 0.646. The molecule has 0 aliphatic rings. The molecule has 136 valence electrons. The van der Waals surface area contributed by atoms with Crippen molar-refractivity contribution in [1.82, 2.24) is 4.98 Å². The van der Waals surface area contributed by atoms with Crippen molar-refractivity contribution in [3.8, 4) is 11.3 Å². The second kappa shape index (κ2) is 7.61. The van der Waals surface area contributed by atoms with Gasteiger partial charge in [0.25, 0.3) is 0 Å². The first-order chi connectivity index (χ1) is 12.3. The molecule has 0 radical (unpaired) electrons. The lowest BCUT2D eigenvalue weighted by Crippen LogP contribution is -2.00. The first-order valence-electron chi connectivity index (χ1n) is 9.82. The van der Waals surface area contributed by atoms with Crippen LogP contribution in [0.15, 0.2) is 42.6 Å². The number of aryl methyl sites for hydroxylation is 2. The molecule has 1 heteroatoms. The van der Waals surface area contributed by atoms with Crippen molar-refractivity contribution in [1.29, 1.82) is 0 Å². The molecule has 0 unspecified atom stereocenters. The average Bonchev–Trinajstić information content (AvgIpc) is 2.52. The number of benzene rings is 2. The smallest absolute Gasteiger partial charge is 0.0780 e. The number of aromatic nitrogens is 1. The summed E-state index contributed by atoms with van der Waals surface area (Å²) in [5.74, 6) is 1.28. The summed E-state index contributed by atoms with van der Waals surface area (Å²) in [6.45, 7) is 13.4. The highest BCUT2D eigenvalue weighted by Gasteiger charge is 2.12. The lowest BCUT2D eigenvalue weighted by atomic mass is 9.92. The van der Waals surface area contributed by atoms with E-state index >= 15 is 0 Å². The maximum atomic E-state index is 4.93. The van der Waals surface area contributed by atoms with Gasteiger partial charge in [-0.1, -0.05) is 57.0 Å². The van der Waals surface area contributed by atoms with Crippen LogP contribution in [-0.4, -0.2) is 4.98 Å². The van der Waals surface area contributed by atoms with Crippen LogP contribution in [-0.2, 0) is 12.8 Å². The minimum atomic E-state index is 0.627. The monoisotopic (exact) mass is 345 g/mol. The van der Waals surface area contributed by atoms with E-state index < -0.39 is 0 Å². The second-order valence-corrected chi connectivity index (χ2v) is 8.58. The highest BCUT2D eigenvalue weighted by Crippen LogP contribution is 2.32. The third-order valence-corrected chi connectivity index (χ3v) is 4.80. The first kappa shape index (κ1) is 18.6. The van der Waals surface area contributed by atoms with Gasteiger partial charge in [0.1, 0.15) is 0 Å². The Morgan fingerprint density at radius 2 is 1.42 bits per heavy atom. The Labute approximate surface area is 158 Å². The van der Waals surface area contributed by atoms with E-state index in [4.69, 9.17) is 4.98 Å². The number of fused-ring (bicyclic) bond motifs is 1. The van der Waals surface area contributed by atoms with Gasteiger partial charge in [-0.2, -0.15) is 0 Å². The zero-order valence-corrected chi connectivity index (χ0v) is 17.1. The van der Waals surface area contributed by atoms with Gasteiger partial charge in [0.15, 0.2) is 0 Å². The van der Waals surface area contributed by atoms with E-state index in [0.717, 1.165) is 18.5 Å². The number of hydrogen-bond acceptors (Lipinski definition) is 1. The predicted molar refractivity (Wildman–Crippen MR) is 114 cm³/mol. The number of rotatable bonds is 5. The molecular weight excluding hydrogens is 314 g/mol. The normalized spacial score (nSPS) is 11.7. The Kier molecular flexibility index (Phi) is 5.46. The predicted octanol–water partition coefficient (Wildman–Crippen LogP) is 6.92. The molecule has 3 aromatic rings. The molecule has 1 heterocycles. The minimum absolute atomic E-state index is 0.627. The Balaban J connectivity index is 2.24. The summed E-state index contributed by atoms with van der Waals surface area (Å²) in [5, 5.41) is 2.65. The van der Waals surface area contributed by atoms with Crippen LogP contribution in [0.3, 0.4) is 0 Å². The molecule has 0 bridgehead atoms. The molecule has 0 aliphatic carbocycles. The minimum Gasteiger partial charge on any atom is -0.255 e. The van der Waals surface area contributed by atoms with Crippen LogP contribution in [0.2, 0.25) is 0 Å². The van der Waals surface area contributed by atoms with Crippen LogP contribution >= 0.6 is 0 Å². The summed E-state index contributed by atoms with van der Waals surface area (Å²) >= 11 is 0. The zero-order valence-electron chi connectivity index (χ0n) is 17.1. The number of hydrogen-bond donors (Lipinski definition) is 0. The first-order valence-corrected chi connectivity index (χ1v) is 9.82. The van der Waals surface area contributed by atoms with E-state index in [9.17, 15) is 0 Å². The highest BCUT2D eigenvalue weighted by molar-refractivity contribution is 5.97. The van der Waals surface area contributed by atoms with Crippen molar-refractivity contribution in [2.24, 2.45) is 11.8 Å². The van der Waals surface area contributed by atoms with Crippen LogP contribution in [0.1, 0.15) is 49.9 Å². The quantitative estimate of drug-likeness (QED) is 0.489. The molecule has 0 amide bonds. The summed E-state index contributed by atoms with van der Waals surface area (Å²) in [5.41, 5.74) is 7.69. The molecule has 1 nitrogen and oxygen atoms in total. The van der Waals surface area contributed by atoms with E-state index in [-0.39, 0.29) is 0 Å². The van der Waals surface area contributed by atoms with Crippen LogP contribution in [0.4, 0.5) is 0 Å². The summed E-state index contributed by atoms with van der Waals surface area (Å²) < 4.78 is 0. The Bertz CT molecular complexity index is 899. The molecule has 0 N–H and O–H groups in total. The van der Waals surface area contributed by atoms with Crippen molar-refractivity contribution in [3.63, 3.8) is 0 Å². The molecule has 0 spiro atoms. The van der Waals surface area contributed by atoms with Gasteiger partial charge in [0.2, 0.25) is 0 Å². The zero-order chi connectivity index (χ0) is 18.8. The molecular formula is C25H31N.